The van der Waals surface area contributed by atoms with Crippen LogP contribution >= 0.6 is 11.6 Å². The van der Waals surface area contributed by atoms with Gasteiger partial charge < -0.3 is 15.5 Å². The number of pyridine rings is 1. The van der Waals surface area contributed by atoms with Crippen molar-refractivity contribution >= 4 is 29.4 Å². The SMILES string of the molecule is N#Cc1ccnc(NC(CC(=O)O)C(=O)O)c1Cl. The van der Waals surface area contributed by atoms with E-state index in [1.165, 1.54) is 12.3 Å². The van der Waals surface area contributed by atoms with Crippen molar-refractivity contribution in [3.63, 3.8) is 0 Å². The zero-order valence-corrected chi connectivity index (χ0v) is 9.68. The summed E-state index contributed by atoms with van der Waals surface area (Å²) in [6, 6.07) is 1.79. The van der Waals surface area contributed by atoms with Crippen LogP contribution in [0.25, 0.3) is 0 Å². The summed E-state index contributed by atoms with van der Waals surface area (Å²) < 4.78 is 0. The maximum absolute atomic E-state index is 10.8. The second kappa shape index (κ2) is 5.84. The smallest absolute Gasteiger partial charge is 0.326 e. The number of nitriles is 1. The van der Waals surface area contributed by atoms with Crippen LogP contribution in [0.2, 0.25) is 5.02 Å². The number of halogens is 1. The Hall–Kier alpha value is -2.33. The fourth-order valence-corrected chi connectivity index (χ4v) is 1.38. The molecule has 1 aromatic heterocycles. The molecule has 0 aliphatic heterocycles. The number of carboxylic acid groups (broad SMARTS) is 2. The van der Waals surface area contributed by atoms with E-state index in [2.05, 4.69) is 10.3 Å². The maximum atomic E-state index is 10.8. The van der Waals surface area contributed by atoms with Crippen LogP contribution in [0.1, 0.15) is 12.0 Å². The quantitative estimate of drug-likeness (QED) is 0.727. The zero-order chi connectivity index (χ0) is 13.7. The molecule has 1 heterocycles. The molecular formula is C10H8ClN3O4. The van der Waals surface area contributed by atoms with Crippen molar-refractivity contribution in [2.45, 2.75) is 12.5 Å². The molecule has 0 bridgehead atoms. The van der Waals surface area contributed by atoms with Gasteiger partial charge in [-0.15, -0.1) is 0 Å². The van der Waals surface area contributed by atoms with Crippen molar-refractivity contribution < 1.29 is 19.8 Å². The predicted molar refractivity (Wildman–Crippen MR) is 61.3 cm³/mol. The molecule has 18 heavy (non-hydrogen) atoms. The molecule has 8 heteroatoms. The molecule has 94 valence electrons. The molecule has 0 saturated heterocycles. The second-order valence-electron chi connectivity index (χ2n) is 3.27. The van der Waals surface area contributed by atoms with Gasteiger partial charge in [-0.05, 0) is 6.07 Å². The van der Waals surface area contributed by atoms with Crippen LogP contribution in [0.15, 0.2) is 12.3 Å². The van der Waals surface area contributed by atoms with Crippen LogP contribution in [0.3, 0.4) is 0 Å². The van der Waals surface area contributed by atoms with E-state index in [-0.39, 0.29) is 16.4 Å². The first-order valence-electron chi connectivity index (χ1n) is 4.71. The average molecular weight is 270 g/mol. The highest BCUT2D eigenvalue weighted by Gasteiger charge is 2.22. The molecule has 1 atom stereocenters. The Kier molecular flexibility index (Phi) is 4.45. The highest BCUT2D eigenvalue weighted by Crippen LogP contribution is 2.23. The lowest BCUT2D eigenvalue weighted by atomic mass is 10.2. The minimum absolute atomic E-state index is 0.0376. The summed E-state index contributed by atoms with van der Waals surface area (Å²) >= 11 is 5.81. The summed E-state index contributed by atoms with van der Waals surface area (Å²) in [5.74, 6) is -2.66. The molecule has 7 nitrogen and oxygen atoms in total. The summed E-state index contributed by atoms with van der Waals surface area (Å²) in [4.78, 5) is 25.1. The molecule has 0 aliphatic rings. The zero-order valence-electron chi connectivity index (χ0n) is 8.92. The molecule has 0 fully saturated rings. The molecule has 0 aliphatic carbocycles. The van der Waals surface area contributed by atoms with Crippen molar-refractivity contribution in [2.24, 2.45) is 0 Å². The number of nitrogens with one attached hydrogen (secondary N) is 1. The standard InChI is InChI=1S/C10H8ClN3O4/c11-8-5(4-12)1-2-13-9(8)14-6(10(17)18)3-7(15)16/h1-2,6H,3H2,(H,13,14)(H,15,16)(H,17,18). The van der Waals surface area contributed by atoms with Crippen LogP contribution in [0.4, 0.5) is 5.82 Å². The molecule has 0 aromatic carbocycles. The molecule has 0 saturated carbocycles. The highest BCUT2D eigenvalue weighted by molar-refractivity contribution is 6.34. The van der Waals surface area contributed by atoms with Gasteiger partial charge in [-0.1, -0.05) is 11.6 Å². The van der Waals surface area contributed by atoms with E-state index in [1.54, 1.807) is 6.07 Å². The van der Waals surface area contributed by atoms with Gasteiger partial charge in [0.2, 0.25) is 0 Å². The van der Waals surface area contributed by atoms with E-state index in [1.807, 2.05) is 0 Å². The van der Waals surface area contributed by atoms with E-state index < -0.39 is 24.4 Å². The Labute approximate surface area is 107 Å². The van der Waals surface area contributed by atoms with Gasteiger partial charge in [0.05, 0.1) is 12.0 Å². The summed E-state index contributed by atoms with van der Waals surface area (Å²) in [5.41, 5.74) is 0.119. The van der Waals surface area contributed by atoms with Crippen LogP contribution < -0.4 is 5.32 Å². The fourth-order valence-electron chi connectivity index (χ4n) is 1.17. The van der Waals surface area contributed by atoms with Crippen LogP contribution in [0, 0.1) is 11.3 Å². The molecule has 0 amide bonds. The van der Waals surface area contributed by atoms with Crippen LogP contribution in [-0.4, -0.2) is 33.2 Å². The van der Waals surface area contributed by atoms with Gasteiger partial charge in [0.15, 0.2) is 0 Å². The minimum Gasteiger partial charge on any atom is -0.481 e. The largest absolute Gasteiger partial charge is 0.481 e. The molecule has 1 rings (SSSR count). The predicted octanol–water partition coefficient (Wildman–Crippen LogP) is 0.946. The van der Waals surface area contributed by atoms with Crippen molar-refractivity contribution in [3.05, 3.63) is 22.8 Å². The Morgan fingerprint density at radius 3 is 2.72 bits per heavy atom. The maximum Gasteiger partial charge on any atom is 0.326 e. The third kappa shape index (κ3) is 3.33. The first-order valence-corrected chi connectivity index (χ1v) is 5.09. The summed E-state index contributed by atoms with van der Waals surface area (Å²) in [6.07, 6.45) is 0.635. The van der Waals surface area contributed by atoms with E-state index in [0.717, 1.165) is 0 Å². The van der Waals surface area contributed by atoms with Gasteiger partial charge in [0.25, 0.3) is 0 Å². The number of carbonyl (C=O) groups is 2. The summed E-state index contributed by atoms with van der Waals surface area (Å²) in [7, 11) is 0. The number of hydrogen-bond acceptors (Lipinski definition) is 5. The Morgan fingerprint density at radius 1 is 1.56 bits per heavy atom. The number of anilines is 1. The molecule has 0 radical (unpaired) electrons. The Bertz CT molecular complexity index is 526. The second-order valence-corrected chi connectivity index (χ2v) is 3.64. The lowest BCUT2D eigenvalue weighted by molar-refractivity contribution is -0.144. The van der Waals surface area contributed by atoms with Gasteiger partial charge in [-0.3, -0.25) is 4.79 Å². The normalized spacial score (nSPS) is 11.3. The molecule has 1 unspecified atom stereocenters. The molecular weight excluding hydrogens is 262 g/mol. The van der Waals surface area contributed by atoms with Gasteiger partial charge in [-0.2, -0.15) is 5.26 Å². The number of carboxylic acids is 2. The highest BCUT2D eigenvalue weighted by atomic mass is 35.5. The number of nitrogens with zero attached hydrogens (tertiary/aromatic N) is 2. The van der Waals surface area contributed by atoms with E-state index in [0.29, 0.717) is 0 Å². The van der Waals surface area contributed by atoms with Crippen molar-refractivity contribution in [2.75, 3.05) is 5.32 Å². The topological polar surface area (TPSA) is 123 Å². The monoisotopic (exact) mass is 269 g/mol. The lowest BCUT2D eigenvalue weighted by Gasteiger charge is -2.14. The van der Waals surface area contributed by atoms with Gasteiger partial charge >= 0.3 is 11.9 Å². The van der Waals surface area contributed by atoms with Crippen molar-refractivity contribution in [3.8, 4) is 6.07 Å². The average Bonchev–Trinajstić information content (AvgIpc) is 2.30. The van der Waals surface area contributed by atoms with Gasteiger partial charge in [0, 0.05) is 6.20 Å². The number of aliphatic carboxylic acids is 2. The minimum atomic E-state index is -1.37. The first-order chi connectivity index (χ1) is 8.45. The first kappa shape index (κ1) is 13.7. The molecule has 3 N–H and O–H groups in total. The third-order valence-corrected chi connectivity index (χ3v) is 2.38. The number of rotatable bonds is 5. The Balaban J connectivity index is 2.98. The van der Waals surface area contributed by atoms with E-state index in [9.17, 15) is 9.59 Å². The summed E-state index contributed by atoms with van der Waals surface area (Å²) in [6.45, 7) is 0. The van der Waals surface area contributed by atoms with Gasteiger partial charge in [-0.25, -0.2) is 9.78 Å². The lowest BCUT2D eigenvalue weighted by Crippen LogP contribution is -2.32. The third-order valence-electron chi connectivity index (χ3n) is 2.00. The number of aromatic nitrogens is 1. The Morgan fingerprint density at radius 2 is 2.22 bits per heavy atom. The van der Waals surface area contributed by atoms with Gasteiger partial charge in [0.1, 0.15) is 23.0 Å². The van der Waals surface area contributed by atoms with Crippen molar-refractivity contribution in [1.29, 1.82) is 5.26 Å². The van der Waals surface area contributed by atoms with Crippen LogP contribution in [0.5, 0.6) is 0 Å². The van der Waals surface area contributed by atoms with E-state index in [4.69, 9.17) is 27.1 Å². The van der Waals surface area contributed by atoms with Crippen LogP contribution in [-0.2, 0) is 9.59 Å². The molecule has 1 aromatic rings. The summed E-state index contributed by atoms with van der Waals surface area (Å²) in [5, 5.41) is 28.5. The fraction of sp³-hybridized carbons (Fsp3) is 0.200. The van der Waals surface area contributed by atoms with E-state index >= 15 is 0 Å². The number of hydrogen-bond donors (Lipinski definition) is 3. The van der Waals surface area contributed by atoms with Crippen molar-refractivity contribution in [1.82, 2.24) is 4.98 Å². The molecule has 0 spiro atoms.